The van der Waals surface area contributed by atoms with Crippen LogP contribution in [0.3, 0.4) is 0 Å². The second kappa shape index (κ2) is 7.59. The quantitative estimate of drug-likeness (QED) is 0.727. The Kier molecular flexibility index (Phi) is 5.00. The largest absolute Gasteiger partial charge is 0.508 e. The van der Waals surface area contributed by atoms with E-state index in [1.807, 2.05) is 30.3 Å². The molecule has 7 heteroatoms. The van der Waals surface area contributed by atoms with Gasteiger partial charge in [-0.2, -0.15) is 5.21 Å². The monoisotopic (exact) mass is 378 g/mol. The lowest BCUT2D eigenvalue weighted by Gasteiger charge is -2.44. The van der Waals surface area contributed by atoms with Crippen LogP contribution < -0.4 is 4.90 Å². The summed E-state index contributed by atoms with van der Waals surface area (Å²) in [4.78, 5) is 4.77. The Labute approximate surface area is 165 Å². The average molecular weight is 378 g/mol. The molecule has 0 saturated carbocycles. The summed E-state index contributed by atoms with van der Waals surface area (Å²) in [6.07, 6.45) is 0.684. The Morgan fingerprint density at radius 2 is 1.93 bits per heavy atom. The number of tetrazole rings is 1. The van der Waals surface area contributed by atoms with Crippen molar-refractivity contribution < 1.29 is 5.11 Å². The van der Waals surface area contributed by atoms with Gasteiger partial charge in [0.25, 0.3) is 0 Å². The second-order valence-electron chi connectivity index (χ2n) is 7.72. The summed E-state index contributed by atoms with van der Waals surface area (Å²) < 4.78 is 0. The third-order valence-electron chi connectivity index (χ3n) is 5.59. The Morgan fingerprint density at radius 3 is 2.71 bits per heavy atom. The summed E-state index contributed by atoms with van der Waals surface area (Å²) in [5.74, 6) is 0.876. The number of hydrogen-bond donors (Lipinski definition) is 2. The van der Waals surface area contributed by atoms with Gasteiger partial charge in [-0.15, -0.1) is 10.2 Å². The number of likely N-dealkylation sites (N-methyl/N-ethyl adjacent to an activating group) is 1. The van der Waals surface area contributed by atoms with E-state index < -0.39 is 0 Å². The minimum absolute atomic E-state index is 0.295. The lowest BCUT2D eigenvalue weighted by atomic mass is 9.98. The number of phenolic OH excluding ortho intramolecular Hbond substituents is 1. The SMILES string of the molecule is C[C@@H]1CN(c2cc(O)cc(Cc3ccccc3-c3nn[nH]n3)c2)[C@@H](C)CN1C. The van der Waals surface area contributed by atoms with Crippen molar-refractivity contribution in [1.29, 1.82) is 0 Å². The fraction of sp³-hybridized carbons (Fsp3) is 0.381. The minimum Gasteiger partial charge on any atom is -0.508 e. The van der Waals surface area contributed by atoms with Crippen LogP contribution in [0.4, 0.5) is 5.69 Å². The van der Waals surface area contributed by atoms with Gasteiger partial charge in [-0.05, 0) is 55.8 Å². The highest BCUT2D eigenvalue weighted by atomic mass is 16.3. The van der Waals surface area contributed by atoms with E-state index in [1.165, 1.54) is 0 Å². The van der Waals surface area contributed by atoms with Gasteiger partial charge in [0.2, 0.25) is 5.82 Å². The van der Waals surface area contributed by atoms with Gasteiger partial charge >= 0.3 is 0 Å². The number of aromatic nitrogens is 4. The highest BCUT2D eigenvalue weighted by molar-refractivity contribution is 5.61. The third kappa shape index (κ3) is 3.71. The van der Waals surface area contributed by atoms with Crippen LogP contribution in [0.2, 0.25) is 0 Å². The molecule has 3 aromatic rings. The first-order valence-corrected chi connectivity index (χ1v) is 9.63. The van der Waals surface area contributed by atoms with E-state index in [0.717, 1.165) is 35.5 Å². The van der Waals surface area contributed by atoms with Crippen molar-refractivity contribution in [1.82, 2.24) is 25.5 Å². The molecule has 4 rings (SSSR count). The van der Waals surface area contributed by atoms with E-state index in [9.17, 15) is 5.11 Å². The molecule has 7 nitrogen and oxygen atoms in total. The standard InChI is InChI=1S/C21H26N6O/c1-14-13-27(15(2)12-26(14)3)18-9-16(10-19(28)11-18)8-17-6-4-5-7-20(17)21-22-24-25-23-21/h4-7,9-11,14-15,28H,8,12-13H2,1-3H3,(H,22,23,24,25)/t14-,15+/m1/s1. The van der Waals surface area contributed by atoms with Crippen molar-refractivity contribution in [3.8, 4) is 17.1 Å². The molecule has 1 aliphatic rings. The molecule has 0 bridgehead atoms. The maximum atomic E-state index is 10.4. The van der Waals surface area contributed by atoms with Crippen LogP contribution in [0.1, 0.15) is 25.0 Å². The molecule has 28 heavy (non-hydrogen) atoms. The molecule has 0 aliphatic carbocycles. The maximum absolute atomic E-state index is 10.4. The Hall–Kier alpha value is -2.93. The zero-order valence-electron chi connectivity index (χ0n) is 16.5. The van der Waals surface area contributed by atoms with E-state index in [4.69, 9.17) is 0 Å². The van der Waals surface area contributed by atoms with Crippen molar-refractivity contribution >= 4 is 5.69 Å². The number of hydrogen-bond acceptors (Lipinski definition) is 6. The number of benzene rings is 2. The lowest BCUT2D eigenvalue weighted by Crippen LogP contribution is -2.55. The van der Waals surface area contributed by atoms with E-state index >= 15 is 0 Å². The zero-order chi connectivity index (χ0) is 19.7. The molecule has 1 fully saturated rings. The van der Waals surface area contributed by atoms with Crippen molar-refractivity contribution in [2.24, 2.45) is 0 Å². The molecule has 1 aliphatic heterocycles. The number of anilines is 1. The molecular weight excluding hydrogens is 352 g/mol. The number of phenols is 1. The van der Waals surface area contributed by atoms with Crippen LogP contribution in [0.15, 0.2) is 42.5 Å². The van der Waals surface area contributed by atoms with Crippen LogP contribution in [0, 0.1) is 0 Å². The number of nitrogens with zero attached hydrogens (tertiary/aromatic N) is 5. The van der Waals surface area contributed by atoms with Crippen molar-refractivity contribution in [3.63, 3.8) is 0 Å². The smallest absolute Gasteiger partial charge is 0.204 e. The number of aromatic hydroxyl groups is 1. The normalized spacial score (nSPS) is 20.5. The highest BCUT2D eigenvalue weighted by Crippen LogP contribution is 2.30. The third-order valence-corrected chi connectivity index (χ3v) is 5.59. The Bertz CT molecular complexity index is 942. The van der Waals surface area contributed by atoms with Crippen LogP contribution in [0.5, 0.6) is 5.75 Å². The number of piperazine rings is 1. The minimum atomic E-state index is 0.295. The van der Waals surface area contributed by atoms with Gasteiger partial charge in [0, 0.05) is 42.5 Å². The van der Waals surface area contributed by atoms with Crippen molar-refractivity contribution in [2.75, 3.05) is 25.0 Å². The van der Waals surface area contributed by atoms with E-state index in [0.29, 0.717) is 30.1 Å². The molecule has 146 valence electrons. The number of rotatable bonds is 4. The molecule has 1 aromatic heterocycles. The first kappa shape index (κ1) is 18.4. The molecule has 0 amide bonds. The number of H-pyrrole nitrogens is 1. The topological polar surface area (TPSA) is 81.2 Å². The van der Waals surface area contributed by atoms with Gasteiger partial charge in [-0.3, -0.25) is 4.90 Å². The molecule has 2 aromatic carbocycles. The fourth-order valence-corrected chi connectivity index (χ4v) is 3.97. The molecule has 2 heterocycles. The average Bonchev–Trinajstić information content (AvgIpc) is 3.19. The maximum Gasteiger partial charge on any atom is 0.204 e. The van der Waals surface area contributed by atoms with Gasteiger partial charge in [-0.1, -0.05) is 24.3 Å². The zero-order valence-corrected chi connectivity index (χ0v) is 16.5. The number of aromatic amines is 1. The molecular formula is C21H26N6O. The van der Waals surface area contributed by atoms with Crippen molar-refractivity contribution in [3.05, 3.63) is 53.6 Å². The highest BCUT2D eigenvalue weighted by Gasteiger charge is 2.27. The predicted molar refractivity (Wildman–Crippen MR) is 109 cm³/mol. The summed E-state index contributed by atoms with van der Waals surface area (Å²) in [5.41, 5.74) is 4.17. The van der Waals surface area contributed by atoms with Crippen molar-refractivity contribution in [2.45, 2.75) is 32.4 Å². The summed E-state index contributed by atoms with van der Waals surface area (Å²) in [6.45, 7) is 6.42. The molecule has 2 atom stereocenters. The second-order valence-corrected chi connectivity index (χ2v) is 7.72. The van der Waals surface area contributed by atoms with Crippen LogP contribution in [0.25, 0.3) is 11.4 Å². The number of nitrogens with one attached hydrogen (secondary N) is 1. The van der Waals surface area contributed by atoms with Gasteiger partial charge in [-0.25, -0.2) is 0 Å². The van der Waals surface area contributed by atoms with Crippen LogP contribution in [-0.2, 0) is 6.42 Å². The molecule has 1 saturated heterocycles. The van der Waals surface area contributed by atoms with Gasteiger partial charge in [0.1, 0.15) is 5.75 Å². The lowest BCUT2D eigenvalue weighted by molar-refractivity contribution is 0.206. The van der Waals surface area contributed by atoms with Gasteiger partial charge in [0.15, 0.2) is 0 Å². The van der Waals surface area contributed by atoms with E-state index in [-0.39, 0.29) is 0 Å². The predicted octanol–water partition coefficient (Wildman–Crippen LogP) is 2.69. The molecule has 2 N–H and O–H groups in total. The molecule has 0 unspecified atom stereocenters. The first-order chi connectivity index (χ1) is 13.5. The first-order valence-electron chi connectivity index (χ1n) is 9.63. The molecule has 0 spiro atoms. The van der Waals surface area contributed by atoms with Gasteiger partial charge in [0.05, 0.1) is 0 Å². The summed E-state index contributed by atoms with van der Waals surface area (Å²) >= 11 is 0. The van der Waals surface area contributed by atoms with E-state index in [2.05, 4.69) is 63.5 Å². The van der Waals surface area contributed by atoms with Crippen LogP contribution >= 0.6 is 0 Å². The Morgan fingerprint density at radius 1 is 1.11 bits per heavy atom. The summed E-state index contributed by atoms with van der Waals surface area (Å²) in [7, 11) is 2.17. The fourth-order valence-electron chi connectivity index (χ4n) is 3.97. The Balaban J connectivity index is 1.64. The summed E-state index contributed by atoms with van der Waals surface area (Å²) in [5, 5.41) is 24.8. The summed E-state index contributed by atoms with van der Waals surface area (Å²) in [6, 6.07) is 14.8. The van der Waals surface area contributed by atoms with Crippen LogP contribution in [-0.4, -0.2) is 62.9 Å². The van der Waals surface area contributed by atoms with Gasteiger partial charge < -0.3 is 10.0 Å². The molecule has 0 radical (unpaired) electrons. The van der Waals surface area contributed by atoms with E-state index in [1.54, 1.807) is 0 Å².